The maximum absolute atomic E-state index is 12.1. The summed E-state index contributed by atoms with van der Waals surface area (Å²) >= 11 is 7.24. The number of phenolic OH excluding ortho intramolecular Hbond substituents is 1. The highest BCUT2D eigenvalue weighted by Gasteiger charge is 2.13. The maximum Gasteiger partial charge on any atom is 0.253 e. The quantitative estimate of drug-likeness (QED) is 0.466. The molecule has 2 aromatic rings. The minimum atomic E-state index is -0.331. The Labute approximate surface area is 149 Å². The van der Waals surface area contributed by atoms with E-state index in [0.29, 0.717) is 16.3 Å². The Morgan fingerprint density at radius 2 is 2.04 bits per heavy atom. The van der Waals surface area contributed by atoms with Gasteiger partial charge in [-0.3, -0.25) is 4.79 Å². The van der Waals surface area contributed by atoms with Crippen LogP contribution in [0.1, 0.15) is 12.5 Å². The van der Waals surface area contributed by atoms with Crippen LogP contribution in [0.15, 0.2) is 52.5 Å². The van der Waals surface area contributed by atoms with Crippen molar-refractivity contribution in [2.45, 2.75) is 17.1 Å². The highest BCUT2D eigenvalue weighted by atomic mass is 35.5. The fraction of sp³-hybridized carbons (Fsp3) is 0.176. The van der Waals surface area contributed by atoms with Crippen LogP contribution in [0.5, 0.6) is 11.5 Å². The fourth-order valence-electron chi connectivity index (χ4n) is 1.84. The molecule has 0 aromatic heterocycles. The van der Waals surface area contributed by atoms with E-state index < -0.39 is 0 Å². The number of amides is 1. The summed E-state index contributed by atoms with van der Waals surface area (Å²) < 4.78 is 5.01. The van der Waals surface area contributed by atoms with Crippen LogP contribution in [-0.4, -0.2) is 29.6 Å². The van der Waals surface area contributed by atoms with Crippen LogP contribution in [-0.2, 0) is 4.79 Å². The molecule has 5 nitrogen and oxygen atoms in total. The summed E-state index contributed by atoms with van der Waals surface area (Å²) in [5, 5.41) is 14.1. The Morgan fingerprint density at radius 3 is 2.71 bits per heavy atom. The van der Waals surface area contributed by atoms with Gasteiger partial charge < -0.3 is 9.84 Å². The molecule has 0 bridgehead atoms. The largest absolute Gasteiger partial charge is 0.504 e. The van der Waals surface area contributed by atoms with E-state index in [2.05, 4.69) is 10.5 Å². The van der Waals surface area contributed by atoms with Gasteiger partial charge in [0.05, 0.1) is 18.6 Å². The first-order valence-electron chi connectivity index (χ1n) is 7.12. The summed E-state index contributed by atoms with van der Waals surface area (Å²) in [5.41, 5.74) is 2.91. The van der Waals surface area contributed by atoms with Crippen LogP contribution in [0.3, 0.4) is 0 Å². The number of thioether (sulfide) groups is 1. The number of methoxy groups -OCH3 is 1. The van der Waals surface area contributed by atoms with Crippen LogP contribution in [0, 0.1) is 0 Å². The highest BCUT2D eigenvalue weighted by molar-refractivity contribution is 8.00. The minimum Gasteiger partial charge on any atom is -0.504 e. The van der Waals surface area contributed by atoms with E-state index in [1.165, 1.54) is 25.1 Å². The number of phenols is 1. The third kappa shape index (κ3) is 4.91. The molecular weight excluding hydrogens is 348 g/mol. The van der Waals surface area contributed by atoms with Gasteiger partial charge in [-0.2, -0.15) is 5.10 Å². The lowest BCUT2D eigenvalue weighted by Gasteiger charge is -2.09. The van der Waals surface area contributed by atoms with Crippen molar-refractivity contribution in [3.05, 3.63) is 53.1 Å². The number of ether oxygens (including phenoxy) is 1. The molecule has 1 unspecified atom stereocenters. The second kappa shape index (κ2) is 8.61. The van der Waals surface area contributed by atoms with Gasteiger partial charge in [0.2, 0.25) is 0 Å². The molecule has 0 spiro atoms. The van der Waals surface area contributed by atoms with E-state index in [-0.39, 0.29) is 16.9 Å². The average molecular weight is 365 g/mol. The molecule has 0 fully saturated rings. The third-order valence-corrected chi connectivity index (χ3v) is 4.49. The number of carbonyl (C=O) groups excluding carboxylic acids is 1. The van der Waals surface area contributed by atoms with E-state index >= 15 is 0 Å². The van der Waals surface area contributed by atoms with Gasteiger partial charge in [-0.25, -0.2) is 5.43 Å². The first kappa shape index (κ1) is 18.2. The molecule has 0 heterocycles. The third-order valence-electron chi connectivity index (χ3n) is 3.12. The Kier molecular flexibility index (Phi) is 6.52. The summed E-state index contributed by atoms with van der Waals surface area (Å²) in [7, 11) is 1.47. The summed E-state index contributed by atoms with van der Waals surface area (Å²) in [4.78, 5) is 13.0. The first-order valence-corrected chi connectivity index (χ1v) is 8.38. The zero-order chi connectivity index (χ0) is 17.5. The summed E-state index contributed by atoms with van der Waals surface area (Å²) in [6.45, 7) is 1.78. The standard InChI is InChI=1S/C17H17ClN2O3S/c1-11(24-14-8-6-13(18)7-9-14)17(22)20-19-10-12-4-3-5-15(23-2)16(12)21/h3-11,21H,1-2H3,(H,20,22). The monoisotopic (exact) mass is 364 g/mol. The zero-order valence-electron chi connectivity index (χ0n) is 13.2. The molecule has 0 aliphatic rings. The molecule has 1 atom stereocenters. The number of hydrogen-bond acceptors (Lipinski definition) is 5. The second-order valence-corrected chi connectivity index (χ2v) is 6.70. The Balaban J connectivity index is 1.93. The van der Waals surface area contributed by atoms with Crippen molar-refractivity contribution in [2.24, 2.45) is 5.10 Å². The molecule has 2 N–H and O–H groups in total. The molecule has 126 valence electrons. The highest BCUT2D eigenvalue weighted by Crippen LogP contribution is 2.28. The fourth-order valence-corrected chi connectivity index (χ4v) is 2.82. The van der Waals surface area contributed by atoms with Gasteiger partial charge in [0.15, 0.2) is 11.5 Å². The molecule has 2 rings (SSSR count). The zero-order valence-corrected chi connectivity index (χ0v) is 14.8. The predicted molar refractivity (Wildman–Crippen MR) is 97.2 cm³/mol. The number of nitrogens with zero attached hydrogens (tertiary/aromatic N) is 1. The molecular formula is C17H17ClN2O3S. The number of hydrazone groups is 1. The predicted octanol–water partition coefficient (Wildman–Crippen LogP) is 3.69. The molecule has 0 aliphatic heterocycles. The van der Waals surface area contributed by atoms with Crippen LogP contribution in [0.4, 0.5) is 0 Å². The van der Waals surface area contributed by atoms with Crippen molar-refractivity contribution >= 4 is 35.5 Å². The number of hydrogen-bond donors (Lipinski definition) is 2. The van der Waals surface area contributed by atoms with Crippen molar-refractivity contribution in [2.75, 3.05) is 7.11 Å². The van der Waals surface area contributed by atoms with Gasteiger partial charge in [0, 0.05) is 15.5 Å². The Morgan fingerprint density at radius 1 is 1.33 bits per heavy atom. The number of halogens is 1. The second-order valence-electron chi connectivity index (χ2n) is 4.85. The number of aromatic hydroxyl groups is 1. The van der Waals surface area contributed by atoms with Gasteiger partial charge in [-0.15, -0.1) is 11.8 Å². The smallest absolute Gasteiger partial charge is 0.253 e. The molecule has 0 saturated carbocycles. The van der Waals surface area contributed by atoms with Gasteiger partial charge >= 0.3 is 0 Å². The van der Waals surface area contributed by atoms with Crippen molar-refractivity contribution < 1.29 is 14.6 Å². The Hall–Kier alpha value is -2.18. The molecule has 0 saturated heterocycles. The number of para-hydroxylation sites is 1. The van der Waals surface area contributed by atoms with Crippen molar-refractivity contribution in [3.63, 3.8) is 0 Å². The molecule has 0 aliphatic carbocycles. The molecule has 0 radical (unpaired) electrons. The SMILES string of the molecule is COc1cccc(C=NNC(=O)C(C)Sc2ccc(Cl)cc2)c1O. The lowest BCUT2D eigenvalue weighted by atomic mass is 10.2. The van der Waals surface area contributed by atoms with Crippen molar-refractivity contribution in [1.29, 1.82) is 0 Å². The maximum atomic E-state index is 12.1. The molecule has 7 heteroatoms. The van der Waals surface area contributed by atoms with Crippen LogP contribution < -0.4 is 10.2 Å². The van der Waals surface area contributed by atoms with Crippen molar-refractivity contribution in [3.8, 4) is 11.5 Å². The van der Waals surface area contributed by atoms with E-state index in [0.717, 1.165) is 4.90 Å². The number of rotatable bonds is 6. The first-order chi connectivity index (χ1) is 11.5. The lowest BCUT2D eigenvalue weighted by molar-refractivity contribution is -0.120. The van der Waals surface area contributed by atoms with Crippen LogP contribution in [0.2, 0.25) is 5.02 Å². The van der Waals surface area contributed by atoms with Crippen molar-refractivity contribution in [1.82, 2.24) is 5.43 Å². The van der Waals surface area contributed by atoms with E-state index in [9.17, 15) is 9.90 Å². The average Bonchev–Trinajstić information content (AvgIpc) is 2.58. The lowest BCUT2D eigenvalue weighted by Crippen LogP contribution is -2.26. The molecule has 24 heavy (non-hydrogen) atoms. The summed E-state index contributed by atoms with van der Waals surface area (Å²) in [6.07, 6.45) is 1.37. The van der Waals surface area contributed by atoms with E-state index in [4.69, 9.17) is 16.3 Å². The van der Waals surface area contributed by atoms with Crippen LogP contribution >= 0.6 is 23.4 Å². The minimum absolute atomic E-state index is 0.0263. The topological polar surface area (TPSA) is 70.9 Å². The summed E-state index contributed by atoms with van der Waals surface area (Å²) in [5.74, 6) is 0.0760. The normalized spacial score (nSPS) is 12.1. The Bertz CT molecular complexity index is 735. The van der Waals surface area contributed by atoms with Gasteiger partial charge in [-0.05, 0) is 43.3 Å². The number of carbonyl (C=O) groups is 1. The molecule has 1 amide bonds. The van der Waals surface area contributed by atoms with E-state index in [1.807, 2.05) is 12.1 Å². The number of nitrogens with one attached hydrogen (secondary N) is 1. The van der Waals surface area contributed by atoms with E-state index in [1.54, 1.807) is 37.3 Å². The number of benzene rings is 2. The summed E-state index contributed by atoms with van der Waals surface area (Å²) in [6, 6.07) is 12.3. The van der Waals surface area contributed by atoms with Crippen LogP contribution in [0.25, 0.3) is 0 Å². The van der Waals surface area contributed by atoms with Gasteiger partial charge in [0.25, 0.3) is 5.91 Å². The molecule has 2 aromatic carbocycles. The van der Waals surface area contributed by atoms with Gasteiger partial charge in [-0.1, -0.05) is 17.7 Å². The van der Waals surface area contributed by atoms with Gasteiger partial charge in [0.1, 0.15) is 0 Å².